The Bertz CT molecular complexity index is 523. The summed E-state index contributed by atoms with van der Waals surface area (Å²) in [5, 5.41) is 1.38. The molecule has 0 atom stereocenters. The average Bonchev–Trinajstić information content (AvgIpc) is 2.29. The second kappa shape index (κ2) is 4.85. The molecule has 4 N–H and O–H groups in total. The molecule has 19 heavy (non-hydrogen) atoms. The fraction of sp³-hybridized carbons (Fsp3) is 0.333. The first-order valence-electron chi connectivity index (χ1n) is 5.75. The third-order valence-corrected chi connectivity index (χ3v) is 2.60. The lowest BCUT2D eigenvalue weighted by Gasteiger charge is -2.36. The first kappa shape index (κ1) is 13.3. The number of hydroxylamine groups is 2. The molecular formula is C12H16FN5O. The zero-order valence-electron chi connectivity index (χ0n) is 10.8. The molecule has 102 valence electrons. The first-order valence-corrected chi connectivity index (χ1v) is 5.75. The molecule has 0 saturated carbocycles. The van der Waals surface area contributed by atoms with E-state index in [2.05, 4.69) is 9.98 Å². The summed E-state index contributed by atoms with van der Waals surface area (Å²) in [5.74, 6) is -0.0377. The van der Waals surface area contributed by atoms with E-state index in [9.17, 15) is 4.39 Å². The number of halogens is 1. The van der Waals surface area contributed by atoms with E-state index in [-0.39, 0.29) is 24.3 Å². The molecule has 0 spiro atoms. The molecule has 0 aromatic heterocycles. The van der Waals surface area contributed by atoms with Gasteiger partial charge in [-0.25, -0.2) is 9.38 Å². The molecule has 0 unspecified atom stereocenters. The van der Waals surface area contributed by atoms with Crippen molar-refractivity contribution in [1.82, 2.24) is 5.06 Å². The minimum Gasteiger partial charge on any atom is -0.368 e. The van der Waals surface area contributed by atoms with E-state index < -0.39 is 5.66 Å². The van der Waals surface area contributed by atoms with Crippen LogP contribution in [-0.2, 0) is 11.4 Å². The SMILES string of the molecule is CC1(C)N=C(N)N=C(N)N1OCc1ccc(F)cc1. The molecule has 0 fully saturated rings. The Hall–Kier alpha value is -2.15. The summed E-state index contributed by atoms with van der Waals surface area (Å²) in [6.45, 7) is 3.83. The Morgan fingerprint density at radius 3 is 2.47 bits per heavy atom. The van der Waals surface area contributed by atoms with Gasteiger partial charge in [0, 0.05) is 0 Å². The summed E-state index contributed by atoms with van der Waals surface area (Å²) < 4.78 is 12.8. The Labute approximate surface area is 110 Å². The van der Waals surface area contributed by atoms with Gasteiger partial charge in [-0.2, -0.15) is 10.1 Å². The number of aliphatic imine (C=N–C) groups is 2. The zero-order chi connectivity index (χ0) is 14.0. The van der Waals surface area contributed by atoms with Gasteiger partial charge in [0.1, 0.15) is 12.4 Å². The molecule has 6 nitrogen and oxygen atoms in total. The van der Waals surface area contributed by atoms with Crippen LogP contribution in [0.2, 0.25) is 0 Å². The molecule has 1 aliphatic rings. The van der Waals surface area contributed by atoms with Crippen molar-refractivity contribution in [3.05, 3.63) is 35.6 Å². The number of nitrogens with two attached hydrogens (primary N) is 2. The monoisotopic (exact) mass is 265 g/mol. The second-order valence-electron chi connectivity index (χ2n) is 4.63. The van der Waals surface area contributed by atoms with Crippen molar-refractivity contribution in [3.8, 4) is 0 Å². The van der Waals surface area contributed by atoms with Gasteiger partial charge in [0.15, 0.2) is 5.66 Å². The van der Waals surface area contributed by atoms with Crippen LogP contribution in [0.4, 0.5) is 4.39 Å². The smallest absolute Gasteiger partial charge is 0.226 e. The molecule has 1 aromatic carbocycles. The predicted octanol–water partition coefficient (Wildman–Crippen LogP) is 0.938. The number of hydrogen-bond acceptors (Lipinski definition) is 6. The largest absolute Gasteiger partial charge is 0.368 e. The van der Waals surface area contributed by atoms with E-state index in [0.29, 0.717) is 0 Å². The highest BCUT2D eigenvalue weighted by Gasteiger charge is 2.33. The number of benzene rings is 1. The van der Waals surface area contributed by atoms with Gasteiger partial charge in [0.05, 0.1) is 0 Å². The number of nitrogens with zero attached hydrogens (tertiary/aromatic N) is 3. The standard InChI is InChI=1S/C12H16FN5O/c1-12(2)17-10(14)16-11(15)18(12)19-7-8-3-5-9(13)6-4-8/h3-6H,7H2,1-2H3,(H4,14,15,16,17). The number of hydrogen-bond donors (Lipinski definition) is 2. The van der Waals surface area contributed by atoms with E-state index in [1.807, 2.05) is 0 Å². The maximum absolute atomic E-state index is 12.8. The topological polar surface area (TPSA) is 89.2 Å². The minimum atomic E-state index is -0.740. The van der Waals surface area contributed by atoms with Crippen molar-refractivity contribution < 1.29 is 9.23 Å². The molecule has 0 amide bonds. The quantitative estimate of drug-likeness (QED) is 0.851. The van der Waals surface area contributed by atoms with Crippen LogP contribution in [0.25, 0.3) is 0 Å². The van der Waals surface area contributed by atoms with Crippen molar-refractivity contribution >= 4 is 11.9 Å². The van der Waals surface area contributed by atoms with Crippen LogP contribution >= 0.6 is 0 Å². The lowest BCUT2D eigenvalue weighted by atomic mass is 10.2. The van der Waals surface area contributed by atoms with Crippen LogP contribution in [0.3, 0.4) is 0 Å². The highest BCUT2D eigenvalue weighted by atomic mass is 19.1. The maximum Gasteiger partial charge on any atom is 0.226 e. The van der Waals surface area contributed by atoms with Gasteiger partial charge >= 0.3 is 0 Å². The summed E-state index contributed by atoms with van der Waals surface area (Å²) in [4.78, 5) is 13.6. The van der Waals surface area contributed by atoms with E-state index >= 15 is 0 Å². The van der Waals surface area contributed by atoms with Gasteiger partial charge < -0.3 is 11.5 Å². The Balaban J connectivity index is 2.07. The molecular weight excluding hydrogens is 249 g/mol. The van der Waals surface area contributed by atoms with Crippen LogP contribution < -0.4 is 11.5 Å². The highest BCUT2D eigenvalue weighted by molar-refractivity contribution is 5.95. The molecule has 1 aliphatic heterocycles. The minimum absolute atomic E-state index is 0.115. The Morgan fingerprint density at radius 2 is 1.89 bits per heavy atom. The predicted molar refractivity (Wildman–Crippen MR) is 70.4 cm³/mol. The fourth-order valence-electron chi connectivity index (χ4n) is 1.74. The van der Waals surface area contributed by atoms with Crippen LogP contribution in [-0.4, -0.2) is 22.6 Å². The average molecular weight is 265 g/mol. The summed E-state index contributed by atoms with van der Waals surface area (Å²) in [5.41, 5.74) is 11.4. The maximum atomic E-state index is 12.8. The molecule has 0 radical (unpaired) electrons. The lowest BCUT2D eigenvalue weighted by molar-refractivity contribution is -0.166. The van der Waals surface area contributed by atoms with Crippen LogP contribution in [0, 0.1) is 5.82 Å². The first-order chi connectivity index (χ1) is 8.88. The third-order valence-electron chi connectivity index (χ3n) is 2.60. The Morgan fingerprint density at radius 1 is 1.26 bits per heavy atom. The van der Waals surface area contributed by atoms with Crippen molar-refractivity contribution in [1.29, 1.82) is 0 Å². The van der Waals surface area contributed by atoms with E-state index in [4.69, 9.17) is 16.3 Å². The van der Waals surface area contributed by atoms with Gasteiger partial charge in [0.2, 0.25) is 11.9 Å². The van der Waals surface area contributed by atoms with E-state index in [0.717, 1.165) is 5.56 Å². The van der Waals surface area contributed by atoms with E-state index in [1.54, 1.807) is 26.0 Å². The molecule has 1 heterocycles. The molecule has 0 saturated heterocycles. The van der Waals surface area contributed by atoms with Gasteiger partial charge in [-0.1, -0.05) is 12.1 Å². The molecule has 2 rings (SSSR count). The zero-order valence-corrected chi connectivity index (χ0v) is 10.8. The van der Waals surface area contributed by atoms with Crippen molar-refractivity contribution in [2.45, 2.75) is 26.1 Å². The second-order valence-corrected chi connectivity index (χ2v) is 4.63. The van der Waals surface area contributed by atoms with Gasteiger partial charge in [-0.3, -0.25) is 4.84 Å². The van der Waals surface area contributed by atoms with Crippen molar-refractivity contribution in [2.75, 3.05) is 0 Å². The summed E-state index contributed by atoms with van der Waals surface area (Å²) in [6.07, 6.45) is 0. The molecule has 0 bridgehead atoms. The third kappa shape index (κ3) is 3.00. The van der Waals surface area contributed by atoms with Crippen LogP contribution in [0.1, 0.15) is 19.4 Å². The summed E-state index contributed by atoms with van der Waals surface area (Å²) in [6, 6.07) is 6.01. The summed E-state index contributed by atoms with van der Waals surface area (Å²) in [7, 11) is 0. The molecule has 7 heteroatoms. The normalized spacial score (nSPS) is 17.9. The van der Waals surface area contributed by atoms with Crippen LogP contribution in [0.5, 0.6) is 0 Å². The molecule has 0 aliphatic carbocycles. The highest BCUT2D eigenvalue weighted by Crippen LogP contribution is 2.20. The lowest BCUT2D eigenvalue weighted by Crippen LogP contribution is -2.53. The van der Waals surface area contributed by atoms with Crippen molar-refractivity contribution in [2.24, 2.45) is 21.5 Å². The van der Waals surface area contributed by atoms with Crippen molar-refractivity contribution in [3.63, 3.8) is 0 Å². The van der Waals surface area contributed by atoms with Crippen LogP contribution in [0.15, 0.2) is 34.3 Å². The number of guanidine groups is 2. The number of rotatable bonds is 3. The van der Waals surface area contributed by atoms with Gasteiger partial charge in [-0.05, 0) is 31.5 Å². The van der Waals surface area contributed by atoms with Gasteiger partial charge in [-0.15, -0.1) is 0 Å². The summed E-state index contributed by atoms with van der Waals surface area (Å²) >= 11 is 0. The van der Waals surface area contributed by atoms with Gasteiger partial charge in [0.25, 0.3) is 0 Å². The Kier molecular flexibility index (Phi) is 3.39. The van der Waals surface area contributed by atoms with E-state index in [1.165, 1.54) is 17.2 Å². The molecule has 1 aromatic rings. The fourth-order valence-corrected chi connectivity index (χ4v) is 1.74.